The molecule has 300 valence electrons. The molecule has 3 aromatic heterocycles. The molecular weight excluding hydrogens is 793 g/mol. The normalized spacial score (nSPS) is 12.1. The second-order valence-electron chi connectivity index (χ2n) is 16.8. The summed E-state index contributed by atoms with van der Waals surface area (Å²) in [5.41, 5.74) is 11.1. The molecule has 0 spiro atoms. The van der Waals surface area contributed by atoms with Gasteiger partial charge in [-0.1, -0.05) is 182 Å². The molecule has 0 aliphatic carbocycles. The molecule has 4 heteroatoms. The van der Waals surface area contributed by atoms with Gasteiger partial charge < -0.3 is 13.6 Å². The fourth-order valence-corrected chi connectivity index (χ4v) is 15.5. The molecule has 10 aromatic carbocycles. The average Bonchev–Trinajstić information content (AvgIpc) is 4.03. The van der Waals surface area contributed by atoms with E-state index in [1.165, 1.54) is 58.8 Å². The smallest absolute Gasteiger partial charge is 0.179 e. The van der Waals surface area contributed by atoms with E-state index in [1.54, 1.807) is 0 Å². The van der Waals surface area contributed by atoms with Gasteiger partial charge in [-0.2, -0.15) is 0 Å². The fourth-order valence-electron chi connectivity index (χ4n) is 10.7. The van der Waals surface area contributed by atoms with Crippen LogP contribution in [0.2, 0.25) is 0 Å². The highest BCUT2D eigenvalue weighted by Crippen LogP contribution is 2.41. The molecule has 0 aliphatic heterocycles. The summed E-state index contributed by atoms with van der Waals surface area (Å²) < 4.78 is 11.3. The van der Waals surface area contributed by atoms with E-state index >= 15 is 0 Å². The van der Waals surface area contributed by atoms with Crippen LogP contribution in [0.4, 0.5) is 0 Å². The Morgan fingerprint density at radius 3 is 1.50 bits per heavy atom. The number of rotatable bonds is 7. The minimum Gasteiger partial charge on any atom is -0.456 e. The molecule has 3 nitrogen and oxygen atoms in total. The third kappa shape index (κ3) is 5.39. The number of nitrogens with zero attached hydrogens (tertiary/aromatic N) is 2. The van der Waals surface area contributed by atoms with Gasteiger partial charge >= 0.3 is 0 Å². The first kappa shape index (κ1) is 36.5. The molecule has 3 heterocycles. The van der Waals surface area contributed by atoms with Crippen molar-refractivity contribution in [3.05, 3.63) is 243 Å². The van der Waals surface area contributed by atoms with E-state index < -0.39 is 8.07 Å². The number of hydrogen-bond acceptors (Lipinski definition) is 1. The summed E-state index contributed by atoms with van der Waals surface area (Å²) in [6.07, 6.45) is 0. The Morgan fingerprint density at radius 1 is 0.297 bits per heavy atom. The van der Waals surface area contributed by atoms with Gasteiger partial charge in [0.2, 0.25) is 0 Å². The monoisotopic (exact) mass is 832 g/mol. The molecule has 0 bridgehead atoms. The van der Waals surface area contributed by atoms with Crippen molar-refractivity contribution in [3.63, 3.8) is 0 Å². The number of aromatic nitrogens is 2. The molecule has 0 radical (unpaired) electrons. The maximum atomic E-state index is 6.34. The predicted octanol–water partition coefficient (Wildman–Crippen LogP) is 12.8. The molecule has 0 amide bonds. The van der Waals surface area contributed by atoms with E-state index in [2.05, 4.69) is 240 Å². The maximum absolute atomic E-state index is 6.34. The molecule has 0 unspecified atom stereocenters. The van der Waals surface area contributed by atoms with Gasteiger partial charge in [-0.25, -0.2) is 0 Å². The lowest BCUT2D eigenvalue weighted by atomic mass is 10.0. The molecule has 0 saturated heterocycles. The summed E-state index contributed by atoms with van der Waals surface area (Å²) in [7, 11) is -2.80. The van der Waals surface area contributed by atoms with Crippen molar-refractivity contribution < 1.29 is 4.42 Å². The zero-order valence-electron chi connectivity index (χ0n) is 34.9. The van der Waals surface area contributed by atoms with Crippen LogP contribution in [0.5, 0.6) is 0 Å². The van der Waals surface area contributed by atoms with E-state index in [1.807, 2.05) is 12.1 Å². The van der Waals surface area contributed by atoms with Crippen LogP contribution in [0.15, 0.2) is 247 Å². The van der Waals surface area contributed by atoms with Crippen LogP contribution >= 0.6 is 0 Å². The largest absolute Gasteiger partial charge is 0.456 e. The van der Waals surface area contributed by atoms with Crippen LogP contribution in [-0.2, 0) is 0 Å². The minimum atomic E-state index is -2.80. The van der Waals surface area contributed by atoms with Crippen LogP contribution < -0.4 is 20.7 Å². The Hall–Kier alpha value is -8.18. The second kappa shape index (κ2) is 14.5. The van der Waals surface area contributed by atoms with Gasteiger partial charge in [0.25, 0.3) is 0 Å². The predicted molar refractivity (Wildman–Crippen MR) is 271 cm³/mol. The number of para-hydroxylation sites is 4. The van der Waals surface area contributed by atoms with Crippen molar-refractivity contribution in [3.8, 4) is 22.5 Å². The number of furan rings is 1. The van der Waals surface area contributed by atoms with E-state index in [0.29, 0.717) is 0 Å². The second-order valence-corrected chi connectivity index (χ2v) is 20.6. The van der Waals surface area contributed by atoms with E-state index in [9.17, 15) is 0 Å². The zero-order valence-corrected chi connectivity index (χ0v) is 35.9. The Labute approximate surface area is 371 Å². The molecule has 0 N–H and O–H groups in total. The topological polar surface area (TPSA) is 23.0 Å². The summed E-state index contributed by atoms with van der Waals surface area (Å²) in [5.74, 6) is 0. The highest BCUT2D eigenvalue weighted by Gasteiger charge is 2.41. The van der Waals surface area contributed by atoms with Gasteiger partial charge in [-0.15, -0.1) is 0 Å². The Balaban J connectivity index is 1.06. The molecule has 0 fully saturated rings. The van der Waals surface area contributed by atoms with Crippen molar-refractivity contribution in [2.24, 2.45) is 0 Å². The highest BCUT2D eigenvalue weighted by molar-refractivity contribution is 7.19. The molecule has 13 rings (SSSR count). The summed E-state index contributed by atoms with van der Waals surface area (Å²) in [6, 6.07) is 89.4. The Kier molecular flexibility index (Phi) is 8.23. The molecule has 64 heavy (non-hydrogen) atoms. The van der Waals surface area contributed by atoms with E-state index in [0.717, 1.165) is 50.0 Å². The molecule has 13 aromatic rings. The van der Waals surface area contributed by atoms with Crippen LogP contribution in [0, 0.1) is 0 Å². The van der Waals surface area contributed by atoms with Crippen molar-refractivity contribution in [2.45, 2.75) is 0 Å². The quantitative estimate of drug-likeness (QED) is 0.116. The van der Waals surface area contributed by atoms with Gasteiger partial charge in [0.15, 0.2) is 8.07 Å². The van der Waals surface area contributed by atoms with Gasteiger partial charge in [-0.3, -0.25) is 0 Å². The lowest BCUT2D eigenvalue weighted by molar-refractivity contribution is 0.669. The van der Waals surface area contributed by atoms with Crippen LogP contribution in [-0.4, -0.2) is 17.2 Å². The van der Waals surface area contributed by atoms with Crippen molar-refractivity contribution in [2.75, 3.05) is 0 Å². The first-order chi connectivity index (χ1) is 31.8. The van der Waals surface area contributed by atoms with Gasteiger partial charge in [-0.05, 0) is 92.5 Å². The van der Waals surface area contributed by atoms with Gasteiger partial charge in [0, 0.05) is 38.0 Å². The zero-order chi connectivity index (χ0) is 42.2. The van der Waals surface area contributed by atoms with E-state index in [4.69, 9.17) is 4.42 Å². The highest BCUT2D eigenvalue weighted by atomic mass is 28.3. The Morgan fingerprint density at radius 2 is 0.797 bits per heavy atom. The molecule has 0 saturated carbocycles. The van der Waals surface area contributed by atoms with Crippen LogP contribution in [0.1, 0.15) is 0 Å². The average molecular weight is 833 g/mol. The molecule has 0 atom stereocenters. The lowest BCUT2D eigenvalue weighted by Crippen LogP contribution is -2.74. The Bertz CT molecular complexity index is 3800. The van der Waals surface area contributed by atoms with Crippen molar-refractivity contribution >= 4 is 94.4 Å². The standard InChI is InChI=1S/C60H40N2OSi/c1-4-19-44(20-5-1)64(45-21-6-2-7-22-45,46-23-8-3-9-24-46)47-25-16-18-43(40-47)61-54-30-13-10-26-48(54)52-29-17-32-57(60(52)61)62-55-31-14-11-27-49(55)53-38-41(35-37-56(53)62)42-34-36-51-50-28-12-15-33-58(50)63-59(51)39-42/h1-40H. The molecule has 0 aliphatic rings. The van der Waals surface area contributed by atoms with Crippen LogP contribution in [0.25, 0.3) is 88.1 Å². The van der Waals surface area contributed by atoms with Gasteiger partial charge in [0.05, 0.1) is 27.8 Å². The summed E-state index contributed by atoms with van der Waals surface area (Å²) in [5, 5.41) is 12.6. The summed E-state index contributed by atoms with van der Waals surface area (Å²) >= 11 is 0. The van der Waals surface area contributed by atoms with E-state index in [-0.39, 0.29) is 0 Å². The fraction of sp³-hybridized carbons (Fsp3) is 0. The summed E-state index contributed by atoms with van der Waals surface area (Å²) in [4.78, 5) is 0. The maximum Gasteiger partial charge on any atom is 0.179 e. The molecular formula is C60H40N2OSi. The van der Waals surface area contributed by atoms with Crippen molar-refractivity contribution in [1.29, 1.82) is 0 Å². The minimum absolute atomic E-state index is 0.904. The number of hydrogen-bond donors (Lipinski definition) is 0. The lowest BCUT2D eigenvalue weighted by Gasteiger charge is -2.34. The summed E-state index contributed by atoms with van der Waals surface area (Å²) in [6.45, 7) is 0. The van der Waals surface area contributed by atoms with Crippen molar-refractivity contribution in [1.82, 2.24) is 9.13 Å². The third-order valence-electron chi connectivity index (χ3n) is 13.5. The number of benzene rings is 10. The first-order valence-electron chi connectivity index (χ1n) is 22.0. The number of fused-ring (bicyclic) bond motifs is 9. The SMILES string of the molecule is c1ccc([Si](c2ccccc2)(c2ccccc2)c2cccc(-n3c4ccccc4c4cccc(-n5c6ccccc6c6cc(-c7ccc8c(c7)oc7ccccc78)ccc65)c43)c2)cc1. The van der Waals surface area contributed by atoms with Crippen LogP contribution in [0.3, 0.4) is 0 Å². The van der Waals surface area contributed by atoms with Gasteiger partial charge in [0.1, 0.15) is 11.2 Å². The first-order valence-corrected chi connectivity index (χ1v) is 24.0. The third-order valence-corrected chi connectivity index (χ3v) is 18.2.